The van der Waals surface area contributed by atoms with Crippen molar-refractivity contribution in [2.75, 3.05) is 0 Å². The van der Waals surface area contributed by atoms with Crippen molar-refractivity contribution >= 4 is 5.69 Å². The Bertz CT molecular complexity index is 489. The van der Waals surface area contributed by atoms with Gasteiger partial charge in [0.2, 0.25) is 12.1 Å². The van der Waals surface area contributed by atoms with Crippen LogP contribution in [-0.4, -0.2) is 14.5 Å². The molecular formula is C9H9N4O2+. The first-order valence-electron chi connectivity index (χ1n) is 4.31. The maximum atomic E-state index is 10.4. The molecule has 0 radical (unpaired) electrons. The summed E-state index contributed by atoms with van der Waals surface area (Å²) in [7, 11) is 1.89. The minimum absolute atomic E-state index is 0.00437. The van der Waals surface area contributed by atoms with Crippen molar-refractivity contribution in [3.05, 3.63) is 47.2 Å². The quantitative estimate of drug-likeness (QED) is 0.410. The summed E-state index contributed by atoms with van der Waals surface area (Å²) < 4.78 is 3.65. The van der Waals surface area contributed by atoms with Crippen molar-refractivity contribution in [2.45, 2.75) is 0 Å². The van der Waals surface area contributed by atoms with Crippen LogP contribution < -0.4 is 4.57 Å². The van der Waals surface area contributed by atoms with Crippen molar-refractivity contribution in [1.82, 2.24) is 9.55 Å². The molecule has 0 saturated carbocycles. The lowest BCUT2D eigenvalue weighted by molar-refractivity contribution is -0.670. The highest BCUT2D eigenvalue weighted by molar-refractivity contribution is 5.32. The second kappa shape index (κ2) is 3.49. The number of hydrogen-bond acceptors (Lipinski definition) is 3. The van der Waals surface area contributed by atoms with E-state index in [1.54, 1.807) is 10.6 Å². The summed E-state index contributed by atoms with van der Waals surface area (Å²) in [6.45, 7) is 0. The number of imidazole rings is 1. The van der Waals surface area contributed by atoms with Crippen molar-refractivity contribution in [3.8, 4) is 5.82 Å². The molecule has 0 fully saturated rings. The molecule has 2 heterocycles. The smallest absolute Gasteiger partial charge is 0.258 e. The predicted molar refractivity (Wildman–Crippen MR) is 51.4 cm³/mol. The van der Waals surface area contributed by atoms with Crippen LogP contribution >= 0.6 is 0 Å². The van der Waals surface area contributed by atoms with Gasteiger partial charge in [0, 0.05) is 12.1 Å². The van der Waals surface area contributed by atoms with Gasteiger partial charge in [-0.15, -0.1) is 0 Å². The molecule has 0 N–H and O–H groups in total. The normalized spacial score (nSPS) is 10.2. The fourth-order valence-corrected chi connectivity index (χ4v) is 1.22. The first-order chi connectivity index (χ1) is 7.16. The average molecular weight is 205 g/mol. The number of nitro groups is 1. The fourth-order valence-electron chi connectivity index (χ4n) is 1.22. The topological polar surface area (TPSA) is 64.8 Å². The maximum absolute atomic E-state index is 10.4. The van der Waals surface area contributed by atoms with Crippen LogP contribution in [0.15, 0.2) is 37.1 Å². The molecule has 0 aliphatic heterocycles. The van der Waals surface area contributed by atoms with Gasteiger partial charge in [-0.05, 0) is 0 Å². The Balaban J connectivity index is 2.35. The molecule has 6 nitrogen and oxygen atoms in total. The Morgan fingerprint density at radius 2 is 2.33 bits per heavy atom. The molecule has 0 aromatic carbocycles. The third-order valence-corrected chi connectivity index (χ3v) is 1.98. The Morgan fingerprint density at radius 1 is 1.53 bits per heavy atom. The lowest BCUT2D eigenvalue weighted by atomic mass is 10.4. The van der Waals surface area contributed by atoms with Gasteiger partial charge in [-0.25, -0.2) is 9.55 Å². The van der Waals surface area contributed by atoms with Gasteiger partial charge < -0.3 is 0 Å². The van der Waals surface area contributed by atoms with Crippen molar-refractivity contribution in [2.24, 2.45) is 7.05 Å². The summed E-state index contributed by atoms with van der Waals surface area (Å²) in [6.07, 6.45) is 6.76. The lowest BCUT2D eigenvalue weighted by Gasteiger charge is -1.93. The molecule has 15 heavy (non-hydrogen) atoms. The highest BCUT2D eigenvalue weighted by Gasteiger charge is 2.09. The molecule has 0 unspecified atom stereocenters. The molecule has 0 aliphatic rings. The summed E-state index contributed by atoms with van der Waals surface area (Å²) in [6, 6.07) is 3.04. The molecule has 2 aromatic rings. The van der Waals surface area contributed by atoms with Crippen LogP contribution in [0, 0.1) is 10.1 Å². The van der Waals surface area contributed by atoms with E-state index in [4.69, 9.17) is 0 Å². The number of rotatable bonds is 2. The van der Waals surface area contributed by atoms with Crippen LogP contribution in [0.5, 0.6) is 0 Å². The predicted octanol–water partition coefficient (Wildman–Crippen LogP) is 0.605. The highest BCUT2D eigenvalue weighted by Crippen LogP contribution is 2.10. The van der Waals surface area contributed by atoms with Crippen LogP contribution in [0.3, 0.4) is 0 Å². The highest BCUT2D eigenvalue weighted by atomic mass is 16.6. The molecule has 0 atom stereocenters. The van der Waals surface area contributed by atoms with Gasteiger partial charge >= 0.3 is 0 Å². The summed E-state index contributed by atoms with van der Waals surface area (Å²) >= 11 is 0. The van der Waals surface area contributed by atoms with E-state index in [0.717, 1.165) is 0 Å². The number of hydrogen-bond donors (Lipinski definition) is 0. The Kier molecular flexibility index (Phi) is 2.17. The maximum Gasteiger partial charge on any atom is 0.287 e. The summed E-state index contributed by atoms with van der Waals surface area (Å²) in [5.74, 6) is 0.654. The van der Waals surface area contributed by atoms with E-state index in [0.29, 0.717) is 5.82 Å². The van der Waals surface area contributed by atoms with Gasteiger partial charge in [-0.3, -0.25) is 10.1 Å². The van der Waals surface area contributed by atoms with Gasteiger partial charge in [-0.2, -0.15) is 4.57 Å². The zero-order valence-corrected chi connectivity index (χ0v) is 8.07. The van der Waals surface area contributed by atoms with Crippen LogP contribution in [0.25, 0.3) is 5.82 Å². The van der Waals surface area contributed by atoms with E-state index in [1.807, 2.05) is 30.3 Å². The van der Waals surface area contributed by atoms with Crippen molar-refractivity contribution in [1.29, 1.82) is 0 Å². The molecule has 0 bridgehead atoms. The van der Waals surface area contributed by atoms with Gasteiger partial charge in [0.05, 0.1) is 12.0 Å². The van der Waals surface area contributed by atoms with Crippen LogP contribution in [0.2, 0.25) is 0 Å². The average Bonchev–Trinajstić information content (AvgIpc) is 2.65. The monoisotopic (exact) mass is 205 g/mol. The Labute approximate surface area is 85.6 Å². The van der Waals surface area contributed by atoms with E-state index < -0.39 is 4.92 Å². The van der Waals surface area contributed by atoms with E-state index in [9.17, 15) is 10.1 Å². The summed E-state index contributed by atoms with van der Waals surface area (Å²) in [4.78, 5) is 13.9. The minimum atomic E-state index is -0.466. The van der Waals surface area contributed by atoms with Gasteiger partial charge in [-0.1, -0.05) is 0 Å². The zero-order valence-electron chi connectivity index (χ0n) is 8.07. The van der Waals surface area contributed by atoms with Crippen LogP contribution in [0.1, 0.15) is 0 Å². The fraction of sp³-hybridized carbons (Fsp3) is 0.111. The first-order valence-corrected chi connectivity index (χ1v) is 4.31. The number of aromatic nitrogens is 3. The van der Waals surface area contributed by atoms with Crippen LogP contribution in [-0.2, 0) is 7.05 Å². The molecule has 0 amide bonds. The van der Waals surface area contributed by atoms with E-state index in [2.05, 4.69) is 4.98 Å². The second-order valence-electron chi connectivity index (χ2n) is 3.12. The Hall–Kier alpha value is -2.24. The molecular weight excluding hydrogens is 196 g/mol. The molecule has 76 valence electrons. The number of nitrogens with zero attached hydrogens (tertiary/aromatic N) is 4. The van der Waals surface area contributed by atoms with Gasteiger partial charge in [0.15, 0.2) is 0 Å². The van der Waals surface area contributed by atoms with Crippen LogP contribution in [0.4, 0.5) is 5.69 Å². The number of aryl methyl sites for hydroxylation is 1. The minimum Gasteiger partial charge on any atom is -0.258 e. The van der Waals surface area contributed by atoms with E-state index in [-0.39, 0.29) is 5.69 Å². The molecule has 2 aromatic heterocycles. The molecule has 2 rings (SSSR count). The molecule has 6 heteroatoms. The largest absolute Gasteiger partial charge is 0.287 e. The standard InChI is InChI=1S/C9H9N4O2/c1-11-4-5-12(7-11)9-3-2-8(6-10-9)13(14)15/h2-7H,1H3/q+1. The molecule has 0 spiro atoms. The Morgan fingerprint density at radius 3 is 2.80 bits per heavy atom. The lowest BCUT2D eigenvalue weighted by Crippen LogP contribution is -2.23. The van der Waals surface area contributed by atoms with E-state index >= 15 is 0 Å². The van der Waals surface area contributed by atoms with Gasteiger partial charge in [0.25, 0.3) is 5.69 Å². The summed E-state index contributed by atoms with van der Waals surface area (Å²) in [5, 5.41) is 10.4. The first kappa shape index (κ1) is 9.32. The SMILES string of the molecule is C[n+]1ccn(-c2ccc([N+](=O)[O-])cn2)c1. The van der Waals surface area contributed by atoms with Crippen molar-refractivity contribution in [3.63, 3.8) is 0 Å². The molecule has 0 aliphatic carbocycles. The third kappa shape index (κ3) is 1.83. The summed E-state index contributed by atoms with van der Waals surface area (Å²) in [5.41, 5.74) is -0.00437. The third-order valence-electron chi connectivity index (χ3n) is 1.98. The van der Waals surface area contributed by atoms with Crippen molar-refractivity contribution < 1.29 is 9.49 Å². The molecule has 0 saturated heterocycles. The van der Waals surface area contributed by atoms with Gasteiger partial charge in [0.1, 0.15) is 18.6 Å². The second-order valence-corrected chi connectivity index (χ2v) is 3.12. The van der Waals surface area contributed by atoms with E-state index in [1.165, 1.54) is 12.3 Å². The zero-order chi connectivity index (χ0) is 10.8. The number of pyridine rings is 1.